The summed E-state index contributed by atoms with van der Waals surface area (Å²) in [6, 6.07) is 140. The van der Waals surface area contributed by atoms with Gasteiger partial charge in [0.1, 0.15) is 11.5 Å². The van der Waals surface area contributed by atoms with E-state index in [0.29, 0.717) is 0 Å². The van der Waals surface area contributed by atoms with E-state index in [9.17, 15) is 0 Å². The normalized spacial score (nSPS) is 13.2. The second-order valence-electron chi connectivity index (χ2n) is 36.9. The van der Waals surface area contributed by atoms with Crippen molar-refractivity contribution in [3.05, 3.63) is 392 Å². The van der Waals surface area contributed by atoms with Crippen LogP contribution in [0.25, 0.3) is 44.5 Å². The molecule has 582 valence electrons. The van der Waals surface area contributed by atoms with Gasteiger partial charge in [0.2, 0.25) is 0 Å². The summed E-state index contributed by atoms with van der Waals surface area (Å²) in [7, 11) is 0. The highest BCUT2D eigenvalue weighted by Gasteiger charge is 2.49. The molecule has 0 spiro atoms. The van der Waals surface area contributed by atoms with Crippen LogP contribution in [0, 0.1) is 0 Å². The molecule has 6 nitrogen and oxygen atoms in total. The molecule has 4 aliphatic rings. The van der Waals surface area contributed by atoms with Gasteiger partial charge in [0.05, 0.1) is 28.4 Å². The van der Waals surface area contributed by atoms with Crippen LogP contribution in [0.3, 0.4) is 0 Å². The second kappa shape index (κ2) is 29.2. The van der Waals surface area contributed by atoms with E-state index in [0.717, 1.165) is 152 Å². The van der Waals surface area contributed by atoms with Crippen molar-refractivity contribution < 1.29 is 4.74 Å². The summed E-state index contributed by atoms with van der Waals surface area (Å²) in [6.07, 6.45) is 0. The lowest BCUT2D eigenvalue weighted by molar-refractivity contribution is 0.487. The maximum Gasteiger partial charge on any atom is 0.256 e. The van der Waals surface area contributed by atoms with Crippen molar-refractivity contribution in [2.24, 2.45) is 0 Å². The summed E-state index contributed by atoms with van der Waals surface area (Å²) in [6.45, 7) is 27.0. The predicted molar refractivity (Wildman–Crippen MR) is 512 cm³/mol. The lowest BCUT2D eigenvalue weighted by atomic mass is 9.30. The van der Waals surface area contributed by atoms with E-state index >= 15 is 0 Å². The van der Waals surface area contributed by atoms with Crippen molar-refractivity contribution in [3.8, 4) is 56.0 Å². The van der Waals surface area contributed by atoms with Crippen molar-refractivity contribution in [3.63, 3.8) is 0 Å². The summed E-state index contributed by atoms with van der Waals surface area (Å²) in [5.41, 5.74) is 36.8. The first-order valence-corrected chi connectivity index (χ1v) is 42.4. The van der Waals surface area contributed by atoms with Crippen molar-refractivity contribution in [2.75, 3.05) is 24.5 Å². The molecule has 16 aromatic carbocycles. The van der Waals surface area contributed by atoms with Gasteiger partial charge in [-0.25, -0.2) is 0 Å². The number of hydrogen-bond acceptors (Lipinski definition) is 6. The smallest absolute Gasteiger partial charge is 0.256 e. The molecule has 20 rings (SSSR count). The number of nitrogens with zero attached hydrogens (tertiary/aromatic N) is 5. The van der Waals surface area contributed by atoms with E-state index in [2.05, 4.69) is 478 Å². The van der Waals surface area contributed by atoms with Gasteiger partial charge in [0.25, 0.3) is 13.4 Å². The molecular weight excluding hydrogens is 1450 g/mol. The van der Waals surface area contributed by atoms with Gasteiger partial charge in [-0.1, -0.05) is 350 Å². The lowest BCUT2D eigenvalue weighted by Crippen LogP contribution is -2.64. The van der Waals surface area contributed by atoms with Crippen LogP contribution < -0.4 is 62.0 Å². The Bertz CT molecular complexity index is 6490. The zero-order valence-corrected chi connectivity index (χ0v) is 70.5. The Morgan fingerprint density at radius 1 is 0.233 bits per heavy atom. The Balaban J connectivity index is 0.925. The average molecular weight is 1550 g/mol. The molecule has 4 aliphatic heterocycles. The van der Waals surface area contributed by atoms with Crippen molar-refractivity contribution in [1.82, 2.24) is 0 Å². The van der Waals surface area contributed by atoms with Crippen molar-refractivity contribution in [1.29, 1.82) is 0 Å². The fraction of sp³-hybridized carbons (Fsp3) is 0.143. The number of anilines is 15. The zero-order valence-electron chi connectivity index (χ0n) is 70.5. The minimum absolute atomic E-state index is 0.0254. The molecule has 0 saturated heterocycles. The molecule has 120 heavy (non-hydrogen) atoms. The molecule has 0 aromatic heterocycles. The van der Waals surface area contributed by atoms with E-state index < -0.39 is 0 Å². The van der Waals surface area contributed by atoms with Gasteiger partial charge in [-0.3, -0.25) is 0 Å². The number of para-hydroxylation sites is 9. The van der Waals surface area contributed by atoms with Gasteiger partial charge < -0.3 is 29.2 Å². The summed E-state index contributed by atoms with van der Waals surface area (Å²) in [5, 5.41) is 0. The van der Waals surface area contributed by atoms with Crippen molar-refractivity contribution >= 4 is 132 Å². The number of fused-ring (bicyclic) bond motifs is 8. The molecule has 0 saturated carbocycles. The topological polar surface area (TPSA) is 25.4 Å². The van der Waals surface area contributed by atoms with E-state index in [1.807, 2.05) is 0 Å². The standard InChI is InChI=1S/C112H97B2N5O/c1-109(2,3)78-60-52-74(53-61-78)88-42-25-29-48-96(88)116(84-38-21-15-22-39-84)86-68-101-106-102(69-86)118(97-49-30-26-43-89(97)75-54-62-79(63-55-75)110(4,5)6)98-50-31-27-46-92(98)113(106)94-72-95-100(73-99(94)117(101)85-40-23-16-24-41-85)119(108-90(76-56-64-80(65-57-76)111(7,8)9)44-33-45-91(108)77-58-66-81(67-59-77)112(10,11)12)103-70-87(71-105-107(103)114(95)93-47-28-32-51-104(93)120-105)115(82-34-17-13-18-35-82)83-36-19-14-20-37-83/h13-73H,1-12H3. The monoisotopic (exact) mass is 1550 g/mol. The predicted octanol–water partition coefficient (Wildman–Crippen LogP) is 27.0. The molecular formula is C112H97B2N5O. The first kappa shape index (κ1) is 75.2. The first-order chi connectivity index (χ1) is 58.1. The largest absolute Gasteiger partial charge is 0.458 e. The maximum atomic E-state index is 7.64. The Hall–Kier alpha value is -13.6. The van der Waals surface area contributed by atoms with Gasteiger partial charge in [-0.15, -0.1) is 0 Å². The Labute approximate surface area is 709 Å². The van der Waals surface area contributed by atoms with Gasteiger partial charge in [0, 0.05) is 85.2 Å². The van der Waals surface area contributed by atoms with Crippen LogP contribution in [0.15, 0.2) is 370 Å². The van der Waals surface area contributed by atoms with Crippen LogP contribution in [0.5, 0.6) is 11.5 Å². The average Bonchev–Trinajstić information content (AvgIpc) is 0.680. The van der Waals surface area contributed by atoms with E-state index in [4.69, 9.17) is 4.74 Å². The lowest BCUT2D eigenvalue weighted by Gasteiger charge is -2.47. The summed E-state index contributed by atoms with van der Waals surface area (Å²) in [5.74, 6) is 1.64. The third kappa shape index (κ3) is 13.1. The highest BCUT2D eigenvalue weighted by Crippen LogP contribution is 2.56. The number of ether oxygens (including phenoxy) is 1. The van der Waals surface area contributed by atoms with Crippen molar-refractivity contribution in [2.45, 2.75) is 105 Å². The molecule has 0 fully saturated rings. The second-order valence-corrected chi connectivity index (χ2v) is 36.9. The van der Waals surface area contributed by atoms with E-state index in [-0.39, 0.29) is 35.1 Å². The Kier molecular flexibility index (Phi) is 18.3. The van der Waals surface area contributed by atoms with Crippen LogP contribution in [-0.2, 0) is 21.7 Å². The maximum absolute atomic E-state index is 7.64. The summed E-state index contributed by atoms with van der Waals surface area (Å²) >= 11 is 0. The van der Waals surface area contributed by atoms with Crippen LogP contribution in [0.1, 0.15) is 105 Å². The van der Waals surface area contributed by atoms with Crippen LogP contribution in [0.2, 0.25) is 0 Å². The molecule has 0 bridgehead atoms. The summed E-state index contributed by atoms with van der Waals surface area (Å²) in [4.78, 5) is 12.8. The van der Waals surface area contributed by atoms with E-state index in [1.54, 1.807) is 0 Å². The number of benzene rings is 16. The van der Waals surface area contributed by atoms with E-state index in [1.165, 1.54) is 44.1 Å². The van der Waals surface area contributed by atoms with Crippen LogP contribution in [0.4, 0.5) is 85.3 Å². The van der Waals surface area contributed by atoms with Gasteiger partial charge in [-0.2, -0.15) is 0 Å². The fourth-order valence-electron chi connectivity index (χ4n) is 19.0. The third-order valence-electron chi connectivity index (χ3n) is 25.1. The molecule has 0 amide bonds. The Morgan fingerprint density at radius 3 is 1.12 bits per heavy atom. The number of rotatable bonds is 13. The molecule has 4 heterocycles. The van der Waals surface area contributed by atoms with Crippen LogP contribution in [-0.4, -0.2) is 13.4 Å². The Morgan fingerprint density at radius 2 is 0.608 bits per heavy atom. The van der Waals surface area contributed by atoms with Crippen LogP contribution >= 0.6 is 0 Å². The minimum atomic E-state index is -0.301. The number of hydrogen-bond donors (Lipinski definition) is 0. The third-order valence-corrected chi connectivity index (χ3v) is 25.1. The first-order valence-electron chi connectivity index (χ1n) is 42.4. The minimum Gasteiger partial charge on any atom is -0.458 e. The van der Waals surface area contributed by atoms with Gasteiger partial charge in [0.15, 0.2) is 0 Å². The molecule has 0 atom stereocenters. The summed E-state index contributed by atoms with van der Waals surface area (Å²) < 4.78 is 7.64. The van der Waals surface area contributed by atoms with Gasteiger partial charge in [-0.05, 0) is 196 Å². The highest BCUT2D eigenvalue weighted by molar-refractivity contribution is 7.02. The molecule has 0 unspecified atom stereocenters. The molecule has 0 N–H and O–H groups in total. The molecule has 0 radical (unpaired) electrons. The fourth-order valence-corrected chi connectivity index (χ4v) is 19.0. The molecule has 16 aromatic rings. The molecule has 8 heteroatoms. The SMILES string of the molecule is CC(C)(C)c1ccc(-c2ccccc2N(c2ccccc2)c2cc3c4c(c2)N(c2ccccc2-c2ccc(C(C)(C)C)cc2)c2ccccc2B4c2cc4c(cc2N3c2ccccc2)N(c2c(-c3ccc(C(C)(C)C)cc3)cccc2-c2ccc(C(C)(C)C)cc2)c2cc(N(c3ccccc3)c3ccccc3)cc3c2B4c2ccccc2O3)cc1. The zero-order chi connectivity index (χ0) is 82.1. The van der Waals surface area contributed by atoms with Gasteiger partial charge >= 0.3 is 0 Å². The quantitative estimate of drug-likeness (QED) is 0.107. The molecule has 0 aliphatic carbocycles. The highest BCUT2D eigenvalue weighted by atomic mass is 16.5.